The average molecular weight is 252 g/mol. The van der Waals surface area contributed by atoms with Gasteiger partial charge in [0.2, 0.25) is 0 Å². The van der Waals surface area contributed by atoms with Crippen LogP contribution in [0.3, 0.4) is 0 Å². The van der Waals surface area contributed by atoms with Crippen LogP contribution in [0, 0.1) is 0 Å². The van der Waals surface area contributed by atoms with E-state index in [9.17, 15) is 4.21 Å². The number of benzene rings is 1. The van der Waals surface area contributed by atoms with E-state index in [0.29, 0.717) is 0 Å². The second-order valence-electron chi connectivity index (χ2n) is 4.67. The highest BCUT2D eigenvalue weighted by Gasteiger charge is 2.33. The van der Waals surface area contributed by atoms with Crippen LogP contribution in [0.4, 0.5) is 0 Å². The number of rotatable bonds is 4. The molecular weight excluding hydrogens is 232 g/mol. The van der Waals surface area contributed by atoms with Gasteiger partial charge in [0.05, 0.1) is 11.0 Å². The first-order chi connectivity index (χ1) is 8.23. The first kappa shape index (κ1) is 12.7. The highest BCUT2D eigenvalue weighted by Crippen LogP contribution is 2.32. The number of nitrogens with one attached hydrogen (secondary N) is 2. The lowest BCUT2D eigenvalue weighted by atomic mass is 9.73. The summed E-state index contributed by atoms with van der Waals surface area (Å²) in [6.45, 7) is 2.86. The van der Waals surface area contributed by atoms with E-state index in [-0.39, 0.29) is 5.41 Å². The van der Waals surface area contributed by atoms with Gasteiger partial charge in [0, 0.05) is 18.2 Å². The molecule has 0 spiro atoms. The van der Waals surface area contributed by atoms with Gasteiger partial charge in [-0.2, -0.15) is 0 Å². The minimum atomic E-state index is -0.937. The maximum absolute atomic E-state index is 11.2. The molecule has 1 fully saturated rings. The van der Waals surface area contributed by atoms with E-state index in [1.165, 1.54) is 5.56 Å². The Labute approximate surface area is 106 Å². The highest BCUT2D eigenvalue weighted by molar-refractivity contribution is 7.82. The van der Waals surface area contributed by atoms with E-state index >= 15 is 0 Å². The molecule has 1 atom stereocenters. The molecule has 1 aliphatic rings. The summed E-state index contributed by atoms with van der Waals surface area (Å²) in [5, 5.41) is 3.39. The second kappa shape index (κ2) is 5.76. The van der Waals surface area contributed by atoms with Crippen LogP contribution in [0.2, 0.25) is 0 Å². The quantitative estimate of drug-likeness (QED) is 0.845. The zero-order valence-electron chi connectivity index (χ0n) is 10.2. The van der Waals surface area contributed by atoms with Gasteiger partial charge in [-0.15, -0.1) is 0 Å². The molecule has 0 aromatic heterocycles. The Morgan fingerprint density at radius 2 is 1.94 bits per heavy atom. The zero-order valence-corrected chi connectivity index (χ0v) is 11.1. The molecule has 17 heavy (non-hydrogen) atoms. The van der Waals surface area contributed by atoms with Crippen LogP contribution in [0.5, 0.6) is 0 Å². The van der Waals surface area contributed by atoms with E-state index in [1.807, 2.05) is 6.07 Å². The average Bonchev–Trinajstić information content (AvgIpc) is 2.39. The second-order valence-corrected chi connectivity index (χ2v) is 5.87. The Hall–Kier alpha value is -0.710. The topological polar surface area (TPSA) is 41.1 Å². The number of piperidine rings is 1. The molecule has 94 valence electrons. The van der Waals surface area contributed by atoms with Crippen LogP contribution in [0.25, 0.3) is 0 Å². The lowest BCUT2D eigenvalue weighted by Gasteiger charge is -2.38. The molecule has 1 unspecified atom stereocenters. The van der Waals surface area contributed by atoms with E-state index in [1.54, 1.807) is 6.26 Å². The fourth-order valence-electron chi connectivity index (χ4n) is 2.50. The van der Waals surface area contributed by atoms with Gasteiger partial charge in [-0.1, -0.05) is 30.3 Å². The van der Waals surface area contributed by atoms with Crippen molar-refractivity contribution in [2.45, 2.75) is 18.3 Å². The van der Waals surface area contributed by atoms with Crippen molar-refractivity contribution in [3.63, 3.8) is 0 Å². The number of hydrogen-bond donors (Lipinski definition) is 2. The van der Waals surface area contributed by atoms with Crippen LogP contribution >= 0.6 is 0 Å². The Balaban J connectivity index is 2.20. The monoisotopic (exact) mass is 252 g/mol. The van der Waals surface area contributed by atoms with Crippen LogP contribution in [0.15, 0.2) is 30.3 Å². The molecule has 0 bridgehead atoms. The Morgan fingerprint density at radius 3 is 2.53 bits per heavy atom. The smallest absolute Gasteiger partial charge is 0.0883 e. The summed E-state index contributed by atoms with van der Waals surface area (Å²) in [5.41, 5.74) is 1.50. The fraction of sp³-hybridized carbons (Fsp3) is 0.538. The van der Waals surface area contributed by atoms with Crippen molar-refractivity contribution in [2.24, 2.45) is 0 Å². The summed E-state index contributed by atoms with van der Waals surface area (Å²) >= 11 is 0. The first-order valence-corrected chi connectivity index (χ1v) is 7.62. The predicted molar refractivity (Wildman–Crippen MR) is 72.3 cm³/mol. The standard InChI is InChI=1S/C13H20N2OS/c1-17(16)15-11-13(7-9-14-10-8-13)12-5-3-2-4-6-12/h2-6,14-15H,7-11H2,1H3. The minimum absolute atomic E-state index is 0.137. The Morgan fingerprint density at radius 1 is 1.29 bits per heavy atom. The van der Waals surface area contributed by atoms with Gasteiger partial charge >= 0.3 is 0 Å². The van der Waals surface area contributed by atoms with Crippen molar-refractivity contribution in [3.8, 4) is 0 Å². The molecule has 1 aromatic rings. The number of hydrogen-bond acceptors (Lipinski definition) is 2. The van der Waals surface area contributed by atoms with Crippen LogP contribution in [-0.2, 0) is 16.4 Å². The molecule has 0 aliphatic carbocycles. The largest absolute Gasteiger partial charge is 0.317 e. The Bertz CT molecular complexity index is 374. The van der Waals surface area contributed by atoms with Crippen molar-refractivity contribution in [1.29, 1.82) is 0 Å². The molecule has 2 rings (SSSR count). The molecule has 0 saturated carbocycles. The highest BCUT2D eigenvalue weighted by atomic mass is 32.2. The van der Waals surface area contributed by atoms with E-state index < -0.39 is 11.0 Å². The molecule has 1 heterocycles. The summed E-state index contributed by atoms with van der Waals surface area (Å²) in [6, 6.07) is 10.6. The normalized spacial score (nSPS) is 21.0. The summed E-state index contributed by atoms with van der Waals surface area (Å²) in [5.74, 6) is 0. The van der Waals surface area contributed by atoms with Crippen LogP contribution in [0.1, 0.15) is 18.4 Å². The SMILES string of the molecule is CS(=O)NCC1(c2ccccc2)CCNCC1. The minimum Gasteiger partial charge on any atom is -0.317 e. The van der Waals surface area contributed by atoms with Crippen molar-refractivity contribution in [2.75, 3.05) is 25.9 Å². The molecule has 1 aliphatic heterocycles. The zero-order chi connectivity index (χ0) is 12.1. The van der Waals surface area contributed by atoms with Gasteiger partial charge < -0.3 is 5.32 Å². The van der Waals surface area contributed by atoms with Crippen molar-refractivity contribution < 1.29 is 4.21 Å². The maximum Gasteiger partial charge on any atom is 0.0883 e. The fourth-order valence-corrected chi connectivity index (χ4v) is 2.98. The van der Waals surface area contributed by atoms with Crippen molar-refractivity contribution >= 4 is 11.0 Å². The summed E-state index contributed by atoms with van der Waals surface area (Å²) < 4.78 is 14.3. The predicted octanol–water partition coefficient (Wildman–Crippen LogP) is 1.19. The van der Waals surface area contributed by atoms with E-state index in [0.717, 1.165) is 32.5 Å². The Kier molecular flexibility index (Phi) is 4.31. The van der Waals surface area contributed by atoms with Gasteiger partial charge in [0.15, 0.2) is 0 Å². The summed E-state index contributed by atoms with van der Waals surface area (Å²) in [7, 11) is -0.937. The molecule has 0 amide bonds. The molecule has 1 saturated heterocycles. The third kappa shape index (κ3) is 3.15. The van der Waals surface area contributed by atoms with Gasteiger partial charge in [-0.25, -0.2) is 8.93 Å². The summed E-state index contributed by atoms with van der Waals surface area (Å²) in [6.07, 6.45) is 3.89. The third-order valence-electron chi connectivity index (χ3n) is 3.56. The molecule has 2 N–H and O–H groups in total. The molecule has 3 nitrogen and oxygen atoms in total. The van der Waals surface area contributed by atoms with Gasteiger partial charge in [-0.05, 0) is 31.5 Å². The third-order valence-corrected chi connectivity index (χ3v) is 4.11. The summed E-state index contributed by atoms with van der Waals surface area (Å²) in [4.78, 5) is 0. The first-order valence-electron chi connectivity index (χ1n) is 6.06. The van der Waals surface area contributed by atoms with Crippen LogP contribution < -0.4 is 10.0 Å². The van der Waals surface area contributed by atoms with Crippen LogP contribution in [-0.4, -0.2) is 30.1 Å². The molecule has 0 radical (unpaired) electrons. The van der Waals surface area contributed by atoms with Crippen molar-refractivity contribution in [3.05, 3.63) is 35.9 Å². The van der Waals surface area contributed by atoms with Gasteiger partial charge in [0.25, 0.3) is 0 Å². The van der Waals surface area contributed by atoms with Gasteiger partial charge in [-0.3, -0.25) is 0 Å². The molecular formula is C13H20N2OS. The maximum atomic E-state index is 11.2. The van der Waals surface area contributed by atoms with Crippen molar-refractivity contribution in [1.82, 2.24) is 10.0 Å². The molecule has 1 aromatic carbocycles. The lowest BCUT2D eigenvalue weighted by Crippen LogP contribution is -2.46. The van der Waals surface area contributed by atoms with E-state index in [2.05, 4.69) is 34.3 Å². The van der Waals surface area contributed by atoms with Gasteiger partial charge in [0.1, 0.15) is 0 Å². The molecule has 4 heteroatoms. The van der Waals surface area contributed by atoms with E-state index in [4.69, 9.17) is 0 Å². The lowest BCUT2D eigenvalue weighted by molar-refractivity contribution is 0.308.